The third-order valence-corrected chi connectivity index (χ3v) is 5.12. The summed E-state index contributed by atoms with van der Waals surface area (Å²) in [6, 6.07) is 14.7. The number of methoxy groups -OCH3 is 1. The van der Waals surface area contributed by atoms with Crippen molar-refractivity contribution in [3.8, 4) is 0 Å². The number of thiazole rings is 1. The summed E-state index contributed by atoms with van der Waals surface area (Å²) in [4.78, 5) is 17.2. The summed E-state index contributed by atoms with van der Waals surface area (Å²) in [5.41, 5.74) is 2.08. The van der Waals surface area contributed by atoms with E-state index >= 15 is 0 Å². The molecule has 0 fully saturated rings. The van der Waals surface area contributed by atoms with E-state index in [-0.39, 0.29) is 11.7 Å². The molecule has 0 saturated carbocycles. The lowest BCUT2D eigenvalue weighted by Crippen LogP contribution is -2.19. The molecule has 0 bridgehead atoms. The van der Waals surface area contributed by atoms with Gasteiger partial charge in [-0.2, -0.15) is 4.99 Å². The Morgan fingerprint density at radius 3 is 2.81 bits per heavy atom. The number of amides is 1. The molecule has 4 nitrogen and oxygen atoms in total. The highest BCUT2D eigenvalue weighted by atomic mass is 32.1. The van der Waals surface area contributed by atoms with Gasteiger partial charge >= 0.3 is 0 Å². The molecule has 0 spiro atoms. The fourth-order valence-corrected chi connectivity index (χ4v) is 3.88. The van der Waals surface area contributed by atoms with Crippen LogP contribution in [-0.4, -0.2) is 24.2 Å². The molecule has 2 aromatic carbocycles. The van der Waals surface area contributed by atoms with Gasteiger partial charge in [0.15, 0.2) is 4.80 Å². The Balaban J connectivity index is 1.77. The van der Waals surface area contributed by atoms with E-state index in [1.807, 2.05) is 22.8 Å². The molecule has 1 heterocycles. The molecule has 6 heteroatoms. The first-order valence-corrected chi connectivity index (χ1v) is 9.38. The Morgan fingerprint density at radius 2 is 2.04 bits per heavy atom. The smallest absolute Gasteiger partial charge is 0.248 e. The lowest BCUT2D eigenvalue weighted by Gasteiger charge is -2.04. The number of hydrogen-bond donors (Lipinski definition) is 0. The van der Waals surface area contributed by atoms with Crippen LogP contribution in [0.25, 0.3) is 10.2 Å². The van der Waals surface area contributed by atoms with Crippen LogP contribution >= 0.6 is 11.3 Å². The van der Waals surface area contributed by atoms with Crippen LogP contribution in [-0.2, 0) is 22.5 Å². The third kappa shape index (κ3) is 4.65. The van der Waals surface area contributed by atoms with Crippen LogP contribution in [0.5, 0.6) is 0 Å². The van der Waals surface area contributed by atoms with Crippen LogP contribution < -0.4 is 4.80 Å². The normalized spacial score (nSPS) is 12.0. The number of aromatic nitrogens is 1. The van der Waals surface area contributed by atoms with Crippen molar-refractivity contribution in [1.29, 1.82) is 0 Å². The van der Waals surface area contributed by atoms with Crippen molar-refractivity contribution >= 4 is 27.5 Å². The van der Waals surface area contributed by atoms with Crippen LogP contribution in [0.15, 0.2) is 53.5 Å². The molecule has 0 aliphatic heterocycles. The van der Waals surface area contributed by atoms with Gasteiger partial charge in [-0.05, 0) is 36.6 Å². The van der Waals surface area contributed by atoms with Gasteiger partial charge in [0.05, 0.1) is 16.8 Å². The lowest BCUT2D eigenvalue weighted by molar-refractivity contribution is -0.118. The molecule has 26 heavy (non-hydrogen) atoms. The quantitative estimate of drug-likeness (QED) is 0.631. The molecule has 3 rings (SSSR count). The highest BCUT2D eigenvalue weighted by Gasteiger charge is 2.09. The molecule has 0 aliphatic rings. The van der Waals surface area contributed by atoms with Crippen molar-refractivity contribution in [3.63, 3.8) is 0 Å². The van der Waals surface area contributed by atoms with E-state index in [1.54, 1.807) is 13.2 Å². The number of hydrogen-bond acceptors (Lipinski definition) is 3. The maximum absolute atomic E-state index is 13.5. The number of aryl methyl sites for hydroxylation is 1. The van der Waals surface area contributed by atoms with E-state index in [9.17, 15) is 9.18 Å². The Bertz CT molecular complexity index is 947. The second-order valence-corrected chi connectivity index (χ2v) is 6.99. The van der Waals surface area contributed by atoms with Crippen LogP contribution in [0.3, 0.4) is 0 Å². The minimum absolute atomic E-state index is 0.154. The van der Waals surface area contributed by atoms with E-state index in [0.717, 1.165) is 23.1 Å². The summed E-state index contributed by atoms with van der Waals surface area (Å²) >= 11 is 1.33. The maximum Gasteiger partial charge on any atom is 0.248 e. The third-order valence-electron chi connectivity index (χ3n) is 4.08. The van der Waals surface area contributed by atoms with Crippen molar-refractivity contribution in [2.45, 2.75) is 25.8 Å². The molecular weight excluding hydrogens is 351 g/mol. The summed E-state index contributed by atoms with van der Waals surface area (Å²) in [7, 11) is 1.63. The van der Waals surface area contributed by atoms with E-state index in [2.05, 4.69) is 17.1 Å². The standard InChI is InChI=1S/C20H21FN2O2S/c1-25-13-12-23-17-11-10-16(21)14-18(17)26-20(23)22-19(24)9-5-8-15-6-3-2-4-7-15/h2-4,6-7,10-11,14H,5,8-9,12-13H2,1H3. The van der Waals surface area contributed by atoms with Gasteiger partial charge in [-0.1, -0.05) is 41.7 Å². The largest absolute Gasteiger partial charge is 0.383 e. The molecule has 0 radical (unpaired) electrons. The van der Waals surface area contributed by atoms with Crippen LogP contribution in [0.1, 0.15) is 18.4 Å². The lowest BCUT2D eigenvalue weighted by atomic mass is 10.1. The van der Waals surface area contributed by atoms with Gasteiger partial charge in [0.1, 0.15) is 5.82 Å². The Labute approximate surface area is 155 Å². The van der Waals surface area contributed by atoms with Gasteiger partial charge in [0, 0.05) is 20.1 Å². The van der Waals surface area contributed by atoms with Crippen LogP contribution in [0, 0.1) is 5.82 Å². The van der Waals surface area contributed by atoms with Gasteiger partial charge < -0.3 is 9.30 Å². The second kappa shape index (κ2) is 8.87. The molecule has 0 atom stereocenters. The average Bonchev–Trinajstić information content (AvgIpc) is 2.96. The number of carbonyl (C=O) groups is 1. The van der Waals surface area contributed by atoms with Gasteiger partial charge in [0.25, 0.3) is 0 Å². The molecule has 1 aromatic heterocycles. The van der Waals surface area contributed by atoms with E-state index in [1.165, 1.54) is 29.0 Å². The van der Waals surface area contributed by atoms with Crippen LogP contribution in [0.4, 0.5) is 4.39 Å². The topological polar surface area (TPSA) is 43.6 Å². The Hall–Kier alpha value is -2.31. The first kappa shape index (κ1) is 18.5. The van der Waals surface area contributed by atoms with Gasteiger partial charge in [-0.15, -0.1) is 0 Å². The number of benzene rings is 2. The zero-order valence-electron chi connectivity index (χ0n) is 14.7. The summed E-state index contributed by atoms with van der Waals surface area (Å²) < 4.78 is 21.3. The minimum Gasteiger partial charge on any atom is -0.383 e. The summed E-state index contributed by atoms with van der Waals surface area (Å²) in [6.45, 7) is 1.07. The highest BCUT2D eigenvalue weighted by Crippen LogP contribution is 2.18. The van der Waals surface area contributed by atoms with Crippen molar-refractivity contribution in [3.05, 3.63) is 64.7 Å². The van der Waals surface area contributed by atoms with Crippen LogP contribution in [0.2, 0.25) is 0 Å². The van der Waals surface area contributed by atoms with Gasteiger partial charge in [-0.25, -0.2) is 4.39 Å². The molecule has 1 amide bonds. The summed E-state index contributed by atoms with van der Waals surface area (Å²) in [5, 5.41) is 0. The highest BCUT2D eigenvalue weighted by molar-refractivity contribution is 7.16. The zero-order chi connectivity index (χ0) is 18.4. The Morgan fingerprint density at radius 1 is 1.23 bits per heavy atom. The molecule has 0 saturated heterocycles. The molecule has 0 aliphatic carbocycles. The van der Waals surface area contributed by atoms with E-state index in [0.29, 0.717) is 24.4 Å². The predicted octanol–water partition coefficient (Wildman–Crippen LogP) is 3.94. The van der Waals surface area contributed by atoms with Crippen molar-refractivity contribution in [2.24, 2.45) is 4.99 Å². The van der Waals surface area contributed by atoms with Gasteiger partial charge in [-0.3, -0.25) is 4.79 Å². The van der Waals surface area contributed by atoms with E-state index < -0.39 is 0 Å². The number of carbonyl (C=O) groups excluding carboxylic acids is 1. The van der Waals surface area contributed by atoms with Crippen molar-refractivity contribution < 1.29 is 13.9 Å². The monoisotopic (exact) mass is 372 g/mol. The number of halogens is 1. The molecule has 0 N–H and O–H groups in total. The minimum atomic E-state index is -0.293. The predicted molar refractivity (Wildman–Crippen MR) is 102 cm³/mol. The summed E-state index contributed by atoms with van der Waals surface area (Å²) in [6.07, 6.45) is 2.00. The SMILES string of the molecule is COCCn1c(=NC(=O)CCCc2ccccc2)sc2cc(F)ccc21. The number of fused-ring (bicyclic) bond motifs is 1. The maximum atomic E-state index is 13.5. The van der Waals surface area contributed by atoms with Gasteiger partial charge in [0.2, 0.25) is 5.91 Å². The van der Waals surface area contributed by atoms with Crippen molar-refractivity contribution in [2.75, 3.05) is 13.7 Å². The Kier molecular flexibility index (Phi) is 6.30. The first-order valence-electron chi connectivity index (χ1n) is 8.56. The second-order valence-electron chi connectivity index (χ2n) is 5.99. The number of nitrogens with zero attached hydrogens (tertiary/aromatic N) is 2. The average molecular weight is 372 g/mol. The summed E-state index contributed by atoms with van der Waals surface area (Å²) in [5.74, 6) is -0.447. The fourth-order valence-electron chi connectivity index (χ4n) is 2.78. The van der Waals surface area contributed by atoms with Crippen molar-refractivity contribution in [1.82, 2.24) is 4.57 Å². The number of rotatable bonds is 7. The molecule has 3 aromatic rings. The number of ether oxygens (including phenoxy) is 1. The zero-order valence-corrected chi connectivity index (χ0v) is 15.5. The molecule has 0 unspecified atom stereocenters. The van der Waals surface area contributed by atoms with E-state index in [4.69, 9.17) is 4.74 Å². The molecule has 136 valence electrons. The fraction of sp³-hybridized carbons (Fsp3) is 0.300. The molecular formula is C20H21FN2O2S. The first-order chi connectivity index (χ1) is 12.7.